The van der Waals surface area contributed by atoms with E-state index in [1.165, 1.54) is 38.5 Å². The molecule has 5 aliphatic rings. The fourth-order valence-electron chi connectivity index (χ4n) is 6.98. The average Bonchev–Trinajstić information content (AvgIpc) is 2.75. The van der Waals surface area contributed by atoms with Gasteiger partial charge in [-0.25, -0.2) is 0 Å². The van der Waals surface area contributed by atoms with Gasteiger partial charge in [-0.1, -0.05) is 19.3 Å². The highest BCUT2D eigenvalue weighted by Crippen LogP contribution is 2.58. The van der Waals surface area contributed by atoms with Gasteiger partial charge < -0.3 is 25.5 Å². The van der Waals surface area contributed by atoms with Gasteiger partial charge in [-0.15, -0.1) is 0 Å². The van der Waals surface area contributed by atoms with Crippen molar-refractivity contribution in [2.24, 2.45) is 29.6 Å². The summed E-state index contributed by atoms with van der Waals surface area (Å²) in [4.78, 5) is 14.8. The molecule has 6 nitrogen and oxygen atoms in total. The zero-order valence-electron chi connectivity index (χ0n) is 18.7. The summed E-state index contributed by atoms with van der Waals surface area (Å²) >= 11 is 0. The molecule has 0 atom stereocenters. The monoisotopic (exact) mass is 417 g/mol. The number of rotatable bonds is 8. The molecule has 0 aromatic carbocycles. The largest absolute Gasteiger partial charge is 0.478 e. The van der Waals surface area contributed by atoms with Crippen molar-refractivity contribution in [2.75, 3.05) is 27.2 Å². The van der Waals surface area contributed by atoms with Crippen LogP contribution in [0.4, 0.5) is 0 Å². The van der Waals surface area contributed by atoms with E-state index in [-0.39, 0.29) is 11.5 Å². The second-order valence-corrected chi connectivity index (χ2v) is 10.4. The van der Waals surface area contributed by atoms with Gasteiger partial charge in [0.05, 0.1) is 12.2 Å². The van der Waals surface area contributed by atoms with Crippen LogP contribution in [0, 0.1) is 35.0 Å². The van der Waals surface area contributed by atoms with Gasteiger partial charge in [0.25, 0.3) is 5.91 Å². The molecule has 6 heteroatoms. The van der Waals surface area contributed by atoms with Crippen molar-refractivity contribution in [2.45, 2.75) is 69.8 Å². The van der Waals surface area contributed by atoms with Crippen LogP contribution in [-0.4, -0.2) is 55.0 Å². The van der Waals surface area contributed by atoms with Gasteiger partial charge in [0.15, 0.2) is 0 Å². The molecule has 0 aromatic heterocycles. The minimum absolute atomic E-state index is 0.239. The third-order valence-electron chi connectivity index (χ3n) is 8.42. The van der Waals surface area contributed by atoms with Gasteiger partial charge in [-0.05, 0) is 74.5 Å². The van der Waals surface area contributed by atoms with Crippen LogP contribution in [-0.2, 0) is 9.53 Å². The molecule has 0 radical (unpaired) electrons. The van der Waals surface area contributed by atoms with Crippen LogP contribution in [0.2, 0.25) is 0 Å². The maximum absolute atomic E-state index is 13.2. The summed E-state index contributed by atoms with van der Waals surface area (Å²) in [6.07, 6.45) is 13.0. The number of nitrogens with zero attached hydrogens (tertiary/aromatic N) is 1. The molecule has 5 saturated carbocycles. The van der Waals surface area contributed by atoms with Crippen molar-refractivity contribution in [1.29, 1.82) is 5.41 Å². The molecule has 5 rings (SSSR count). The van der Waals surface area contributed by atoms with E-state index in [2.05, 4.69) is 5.32 Å². The number of ether oxygens (including phenoxy) is 1. The lowest BCUT2D eigenvalue weighted by Gasteiger charge is -2.59. The van der Waals surface area contributed by atoms with E-state index < -0.39 is 5.60 Å². The predicted molar refractivity (Wildman–Crippen MR) is 117 cm³/mol. The number of amides is 1. The molecule has 0 saturated heterocycles. The number of carbonyl (C=O) groups excluding carboxylic acids is 1. The molecule has 3 N–H and O–H groups in total. The molecule has 5 fully saturated rings. The molecule has 0 unspecified atom stereocenters. The van der Waals surface area contributed by atoms with Crippen LogP contribution >= 0.6 is 0 Å². The Hall–Kier alpha value is -1.56. The molecular weight excluding hydrogens is 378 g/mol. The lowest BCUT2D eigenvalue weighted by molar-refractivity contribution is -0.182. The molecule has 0 aliphatic heterocycles. The number of likely N-dealkylation sites (N-methyl/N-ethyl adjacent to an activating group) is 1. The molecule has 0 heterocycles. The van der Waals surface area contributed by atoms with E-state index in [0.29, 0.717) is 36.8 Å². The quantitative estimate of drug-likeness (QED) is 0.321. The van der Waals surface area contributed by atoms with Crippen molar-refractivity contribution in [3.63, 3.8) is 0 Å². The van der Waals surface area contributed by atoms with E-state index in [9.17, 15) is 9.90 Å². The maximum atomic E-state index is 13.2. The molecule has 0 spiro atoms. The van der Waals surface area contributed by atoms with E-state index in [4.69, 9.17) is 10.1 Å². The summed E-state index contributed by atoms with van der Waals surface area (Å²) in [6, 6.07) is 0. The summed E-state index contributed by atoms with van der Waals surface area (Å²) in [5, 5.41) is 22.5. The van der Waals surface area contributed by atoms with Crippen molar-refractivity contribution in [3.05, 3.63) is 11.5 Å². The first-order chi connectivity index (χ1) is 14.4. The van der Waals surface area contributed by atoms with Crippen LogP contribution in [0.25, 0.3) is 0 Å². The lowest BCUT2D eigenvalue weighted by atomic mass is 9.50. The summed E-state index contributed by atoms with van der Waals surface area (Å²) in [7, 11) is 3.49. The molecule has 168 valence electrons. The van der Waals surface area contributed by atoms with Gasteiger partial charge in [-0.2, -0.15) is 0 Å². The number of aliphatic hydroxyl groups is 1. The first-order valence-corrected chi connectivity index (χ1v) is 12.0. The number of carbonyl (C=O) groups is 1. The highest BCUT2D eigenvalue weighted by atomic mass is 16.5. The summed E-state index contributed by atoms with van der Waals surface area (Å²) < 4.78 is 5.97. The Morgan fingerprint density at radius 1 is 1.13 bits per heavy atom. The topological polar surface area (TPSA) is 85.7 Å². The minimum atomic E-state index is -0.784. The average molecular weight is 418 g/mol. The summed E-state index contributed by atoms with van der Waals surface area (Å²) in [6.45, 7) is 0.930. The number of nitrogens with one attached hydrogen (secondary N) is 2. The fourth-order valence-corrected chi connectivity index (χ4v) is 6.98. The standard InChI is InChI=1S/C24H39N3O3/c1-26-22(30-14-16-6-4-3-5-7-16)21(13-25)23(28)27(2)15-24(29)19-9-17-8-18(11-19)12-20(24)10-17/h13,16-20,25-26,29H,3-12,14-15H2,1-2H3/b22-21-,25-13?. The Labute approximate surface area is 180 Å². The minimum Gasteiger partial charge on any atom is -0.478 e. The smallest absolute Gasteiger partial charge is 0.260 e. The number of hydrogen-bond acceptors (Lipinski definition) is 5. The van der Waals surface area contributed by atoms with Gasteiger partial charge >= 0.3 is 0 Å². The SMILES string of the molecule is CN/C(OCC1CCCCC1)=C(\C=N)C(=O)N(C)CC1(O)C2CC3CC(C2)CC1C3. The van der Waals surface area contributed by atoms with Crippen LogP contribution < -0.4 is 5.32 Å². The van der Waals surface area contributed by atoms with Gasteiger partial charge in [0.1, 0.15) is 5.57 Å². The van der Waals surface area contributed by atoms with Crippen molar-refractivity contribution >= 4 is 12.1 Å². The maximum Gasteiger partial charge on any atom is 0.260 e. The van der Waals surface area contributed by atoms with Crippen molar-refractivity contribution < 1.29 is 14.6 Å². The van der Waals surface area contributed by atoms with Gasteiger partial charge in [0, 0.05) is 26.9 Å². The van der Waals surface area contributed by atoms with E-state index in [1.54, 1.807) is 19.0 Å². The highest BCUT2D eigenvalue weighted by molar-refractivity contribution is 6.11. The van der Waals surface area contributed by atoms with Crippen LogP contribution in [0.1, 0.15) is 64.2 Å². The Balaban J connectivity index is 1.42. The molecule has 5 aliphatic carbocycles. The summed E-state index contributed by atoms with van der Waals surface area (Å²) in [5.41, 5.74) is -0.545. The third kappa shape index (κ3) is 4.12. The zero-order chi connectivity index (χ0) is 21.3. The van der Waals surface area contributed by atoms with Gasteiger partial charge in [0.2, 0.25) is 5.88 Å². The Morgan fingerprint density at radius 3 is 2.27 bits per heavy atom. The Bertz CT molecular complexity index is 655. The third-order valence-corrected chi connectivity index (χ3v) is 8.42. The van der Waals surface area contributed by atoms with Crippen molar-refractivity contribution in [1.82, 2.24) is 10.2 Å². The molecule has 30 heavy (non-hydrogen) atoms. The highest BCUT2D eigenvalue weighted by Gasteiger charge is 2.57. The second kappa shape index (κ2) is 8.89. The molecular formula is C24H39N3O3. The zero-order valence-corrected chi connectivity index (χ0v) is 18.7. The van der Waals surface area contributed by atoms with Crippen LogP contribution in [0.15, 0.2) is 11.5 Å². The normalized spacial score (nSPS) is 36.2. The second-order valence-electron chi connectivity index (χ2n) is 10.4. The lowest BCUT2D eigenvalue weighted by Crippen LogP contribution is -2.62. The van der Waals surface area contributed by atoms with E-state index in [0.717, 1.165) is 43.7 Å². The first-order valence-electron chi connectivity index (χ1n) is 12.0. The Kier molecular flexibility index (Phi) is 6.42. The van der Waals surface area contributed by atoms with E-state index >= 15 is 0 Å². The van der Waals surface area contributed by atoms with E-state index in [1.807, 2.05) is 0 Å². The fraction of sp³-hybridized carbons (Fsp3) is 0.833. The molecule has 0 aromatic rings. The molecule has 4 bridgehead atoms. The number of hydrogen-bond donors (Lipinski definition) is 3. The van der Waals surface area contributed by atoms with Gasteiger partial charge in [-0.3, -0.25) is 4.79 Å². The summed E-state index contributed by atoms with van der Waals surface area (Å²) in [5.74, 6) is 2.82. The first kappa shape index (κ1) is 21.7. The van der Waals surface area contributed by atoms with Crippen LogP contribution in [0.5, 0.6) is 0 Å². The molecule has 1 amide bonds. The predicted octanol–water partition coefficient (Wildman–Crippen LogP) is 3.31. The van der Waals surface area contributed by atoms with Crippen molar-refractivity contribution in [3.8, 4) is 0 Å². The van der Waals surface area contributed by atoms with Crippen LogP contribution in [0.3, 0.4) is 0 Å². The Morgan fingerprint density at radius 2 is 1.73 bits per heavy atom.